The monoisotopic (exact) mass is 363 g/mol. The number of benzene rings is 1. The number of rotatable bonds is 4. The number of hydrogen-bond donors (Lipinski definition) is 0. The van der Waals surface area contributed by atoms with Crippen molar-refractivity contribution < 1.29 is 8.42 Å². The SMILES string of the molecule is Cc1ccc(S(=O)(=O)n2cc(Cl)cc2-c2cnn(C(C)C)c2)cc1. The molecule has 126 valence electrons. The van der Waals surface area contributed by atoms with Crippen LogP contribution in [0.3, 0.4) is 0 Å². The second kappa shape index (κ2) is 6.11. The second-order valence-corrected chi connectivity index (χ2v) is 8.21. The van der Waals surface area contributed by atoms with Crippen LogP contribution < -0.4 is 0 Å². The summed E-state index contributed by atoms with van der Waals surface area (Å²) < 4.78 is 28.9. The van der Waals surface area contributed by atoms with Crippen molar-refractivity contribution in [3.8, 4) is 11.3 Å². The van der Waals surface area contributed by atoms with E-state index in [-0.39, 0.29) is 10.9 Å². The third-order valence-corrected chi connectivity index (χ3v) is 5.65. The van der Waals surface area contributed by atoms with E-state index in [1.165, 1.54) is 10.2 Å². The normalized spacial score (nSPS) is 12.0. The molecule has 0 saturated heterocycles. The summed E-state index contributed by atoms with van der Waals surface area (Å²) in [6, 6.07) is 8.56. The quantitative estimate of drug-likeness (QED) is 0.700. The molecule has 0 saturated carbocycles. The minimum Gasteiger partial charge on any atom is -0.270 e. The first-order valence-corrected chi connectivity index (χ1v) is 9.35. The van der Waals surface area contributed by atoms with Crippen LogP contribution >= 0.6 is 11.6 Å². The Morgan fingerprint density at radius 2 is 1.79 bits per heavy atom. The van der Waals surface area contributed by atoms with E-state index >= 15 is 0 Å². The molecule has 2 aromatic heterocycles. The molecular weight excluding hydrogens is 346 g/mol. The number of halogens is 1. The average molecular weight is 364 g/mol. The standard InChI is InChI=1S/C17H18ClN3O2S/c1-12(2)20-10-14(9-19-20)17-8-15(18)11-21(17)24(22,23)16-6-4-13(3)5-7-16/h4-12H,1-3H3. The molecule has 0 N–H and O–H groups in total. The van der Waals surface area contributed by atoms with E-state index in [0.29, 0.717) is 16.3 Å². The highest BCUT2D eigenvalue weighted by Crippen LogP contribution is 2.29. The molecule has 0 bridgehead atoms. The van der Waals surface area contributed by atoms with Crippen molar-refractivity contribution in [2.75, 3.05) is 0 Å². The van der Waals surface area contributed by atoms with Gasteiger partial charge in [0, 0.05) is 24.0 Å². The van der Waals surface area contributed by atoms with Gasteiger partial charge in [-0.25, -0.2) is 12.4 Å². The maximum Gasteiger partial charge on any atom is 0.268 e. The summed E-state index contributed by atoms with van der Waals surface area (Å²) in [7, 11) is -3.73. The highest BCUT2D eigenvalue weighted by Gasteiger charge is 2.22. The Morgan fingerprint density at radius 1 is 1.12 bits per heavy atom. The molecular formula is C17H18ClN3O2S. The van der Waals surface area contributed by atoms with Crippen molar-refractivity contribution in [3.63, 3.8) is 0 Å². The van der Waals surface area contributed by atoms with Crippen molar-refractivity contribution in [2.45, 2.75) is 31.7 Å². The van der Waals surface area contributed by atoms with Gasteiger partial charge in [-0.05, 0) is 39.0 Å². The van der Waals surface area contributed by atoms with Crippen molar-refractivity contribution in [1.29, 1.82) is 0 Å². The van der Waals surface area contributed by atoms with Crippen LogP contribution in [0.5, 0.6) is 0 Å². The minimum atomic E-state index is -3.73. The molecule has 0 amide bonds. The molecule has 1 aromatic carbocycles. The maximum absolute atomic E-state index is 13.0. The molecule has 0 spiro atoms. The average Bonchev–Trinajstić information content (AvgIpc) is 3.14. The lowest BCUT2D eigenvalue weighted by Crippen LogP contribution is -2.13. The zero-order valence-electron chi connectivity index (χ0n) is 13.6. The van der Waals surface area contributed by atoms with Crippen LogP contribution in [-0.2, 0) is 10.0 Å². The molecule has 0 aliphatic carbocycles. The Morgan fingerprint density at radius 3 is 2.38 bits per heavy atom. The lowest BCUT2D eigenvalue weighted by atomic mass is 10.2. The van der Waals surface area contributed by atoms with Gasteiger partial charge in [0.2, 0.25) is 0 Å². The predicted molar refractivity (Wildman–Crippen MR) is 94.8 cm³/mol. The van der Waals surface area contributed by atoms with E-state index in [1.54, 1.807) is 41.2 Å². The fourth-order valence-corrected chi connectivity index (χ4v) is 4.03. The second-order valence-electron chi connectivity index (χ2n) is 5.96. The third-order valence-electron chi connectivity index (χ3n) is 3.76. The highest BCUT2D eigenvalue weighted by molar-refractivity contribution is 7.90. The van der Waals surface area contributed by atoms with Crippen molar-refractivity contribution >= 4 is 21.6 Å². The van der Waals surface area contributed by atoms with E-state index in [2.05, 4.69) is 5.10 Å². The summed E-state index contributed by atoms with van der Waals surface area (Å²) in [6.45, 7) is 5.92. The van der Waals surface area contributed by atoms with Gasteiger partial charge in [0.05, 0.1) is 21.8 Å². The Labute approximate surface area is 146 Å². The van der Waals surface area contributed by atoms with Gasteiger partial charge >= 0.3 is 0 Å². The van der Waals surface area contributed by atoms with E-state index in [0.717, 1.165) is 5.56 Å². The van der Waals surface area contributed by atoms with Crippen LogP contribution in [0.2, 0.25) is 5.02 Å². The van der Waals surface area contributed by atoms with Crippen LogP contribution in [0, 0.1) is 6.92 Å². The van der Waals surface area contributed by atoms with Gasteiger partial charge in [0.1, 0.15) is 0 Å². The molecule has 7 heteroatoms. The van der Waals surface area contributed by atoms with Gasteiger partial charge in [-0.2, -0.15) is 5.10 Å². The molecule has 0 unspecified atom stereocenters. The zero-order chi connectivity index (χ0) is 17.5. The molecule has 0 aliphatic heterocycles. The Kier molecular flexibility index (Phi) is 4.27. The molecule has 0 atom stereocenters. The molecule has 0 aliphatic rings. The fourth-order valence-electron chi connectivity index (χ4n) is 2.40. The van der Waals surface area contributed by atoms with Gasteiger partial charge in [-0.15, -0.1) is 0 Å². The fraction of sp³-hybridized carbons (Fsp3) is 0.235. The smallest absolute Gasteiger partial charge is 0.268 e. The molecule has 3 rings (SSSR count). The predicted octanol–water partition coefficient (Wildman–Crippen LogP) is 4.13. The van der Waals surface area contributed by atoms with E-state index in [4.69, 9.17) is 11.6 Å². The van der Waals surface area contributed by atoms with Gasteiger partial charge in [0.25, 0.3) is 10.0 Å². The number of aryl methyl sites for hydroxylation is 1. The molecule has 0 radical (unpaired) electrons. The molecule has 24 heavy (non-hydrogen) atoms. The minimum absolute atomic E-state index is 0.186. The van der Waals surface area contributed by atoms with Crippen molar-refractivity contribution in [3.05, 3.63) is 59.5 Å². The maximum atomic E-state index is 13.0. The first-order valence-electron chi connectivity index (χ1n) is 7.53. The van der Waals surface area contributed by atoms with Gasteiger partial charge < -0.3 is 0 Å². The van der Waals surface area contributed by atoms with Crippen molar-refractivity contribution in [1.82, 2.24) is 13.8 Å². The summed E-state index contributed by atoms with van der Waals surface area (Å²) in [6.07, 6.45) is 4.88. The summed E-state index contributed by atoms with van der Waals surface area (Å²) in [5, 5.41) is 4.63. The summed E-state index contributed by atoms with van der Waals surface area (Å²) in [5.41, 5.74) is 2.19. The van der Waals surface area contributed by atoms with Crippen molar-refractivity contribution in [2.24, 2.45) is 0 Å². The van der Waals surface area contributed by atoms with Gasteiger partial charge in [-0.3, -0.25) is 4.68 Å². The van der Waals surface area contributed by atoms with Crippen LogP contribution in [-0.4, -0.2) is 22.2 Å². The van der Waals surface area contributed by atoms with E-state index in [9.17, 15) is 8.42 Å². The molecule has 2 heterocycles. The van der Waals surface area contributed by atoms with Crippen LogP contribution in [0.25, 0.3) is 11.3 Å². The van der Waals surface area contributed by atoms with Crippen LogP contribution in [0.4, 0.5) is 0 Å². The lowest BCUT2D eigenvalue weighted by molar-refractivity contribution is 0.532. The first kappa shape index (κ1) is 16.8. The Balaban J connectivity index is 2.13. The van der Waals surface area contributed by atoms with Gasteiger partial charge in [0.15, 0.2) is 0 Å². The zero-order valence-corrected chi connectivity index (χ0v) is 15.2. The number of aromatic nitrogens is 3. The summed E-state index contributed by atoms with van der Waals surface area (Å²) >= 11 is 6.09. The molecule has 5 nitrogen and oxygen atoms in total. The van der Waals surface area contributed by atoms with Gasteiger partial charge in [-0.1, -0.05) is 29.3 Å². The number of hydrogen-bond acceptors (Lipinski definition) is 3. The third kappa shape index (κ3) is 2.99. The summed E-state index contributed by atoms with van der Waals surface area (Å²) in [5.74, 6) is 0. The highest BCUT2D eigenvalue weighted by atomic mass is 35.5. The van der Waals surface area contributed by atoms with E-state index < -0.39 is 10.0 Å². The van der Waals surface area contributed by atoms with Crippen LogP contribution in [0.15, 0.2) is 53.8 Å². The molecule has 0 fully saturated rings. The summed E-state index contributed by atoms with van der Waals surface area (Å²) in [4.78, 5) is 0.220. The lowest BCUT2D eigenvalue weighted by Gasteiger charge is -2.10. The van der Waals surface area contributed by atoms with Crippen LogP contribution in [0.1, 0.15) is 25.5 Å². The number of nitrogens with zero attached hydrogens (tertiary/aromatic N) is 3. The Bertz CT molecular complexity index is 970. The van der Waals surface area contributed by atoms with E-state index in [1.807, 2.05) is 27.0 Å². The topological polar surface area (TPSA) is 56.9 Å². The largest absolute Gasteiger partial charge is 0.270 e. The molecule has 3 aromatic rings. The first-order chi connectivity index (χ1) is 11.3. The Hall–Kier alpha value is -2.05.